The van der Waals surface area contributed by atoms with Crippen LogP contribution in [0, 0.1) is 5.92 Å². The molecule has 0 aromatic heterocycles. The Morgan fingerprint density at radius 3 is 2.36 bits per heavy atom. The predicted molar refractivity (Wildman–Crippen MR) is 103 cm³/mol. The van der Waals surface area contributed by atoms with Gasteiger partial charge in [-0.25, -0.2) is 0 Å². The van der Waals surface area contributed by atoms with Gasteiger partial charge in [0.05, 0.1) is 19.1 Å². The molecule has 2 aromatic rings. The minimum atomic E-state index is -0.732. The van der Waals surface area contributed by atoms with Crippen LogP contribution in [0.25, 0.3) is 10.8 Å². The molecule has 1 saturated carbocycles. The standard InChI is InChI=1S/C21H22N2O5/c24-11-10-23-19(25)15-3-1-2-14-17(9-8-16(18(14)15)20(23)26)22-13-6-4-12(5-7-13)21(27)28/h1-3,8-9,12-13,22,24H,4-7,10-11H2,(H,27,28). The number of carboxylic acid groups (broad SMARTS) is 1. The first-order chi connectivity index (χ1) is 13.5. The van der Waals surface area contributed by atoms with Crippen molar-refractivity contribution in [3.63, 3.8) is 0 Å². The van der Waals surface area contributed by atoms with E-state index in [-0.39, 0.29) is 25.1 Å². The summed E-state index contributed by atoms with van der Waals surface area (Å²) in [6.45, 7) is -0.304. The molecule has 4 rings (SSSR count). The number of carboxylic acids is 1. The number of carbonyl (C=O) groups excluding carboxylic acids is 2. The van der Waals surface area contributed by atoms with Crippen molar-refractivity contribution in [3.05, 3.63) is 41.5 Å². The van der Waals surface area contributed by atoms with Crippen molar-refractivity contribution in [2.75, 3.05) is 18.5 Å². The Morgan fingerprint density at radius 2 is 1.71 bits per heavy atom. The third-order valence-electron chi connectivity index (χ3n) is 5.75. The number of nitrogens with zero attached hydrogens (tertiary/aromatic N) is 1. The van der Waals surface area contributed by atoms with E-state index in [1.807, 2.05) is 12.1 Å². The number of hydrogen-bond donors (Lipinski definition) is 3. The number of carbonyl (C=O) groups is 3. The summed E-state index contributed by atoms with van der Waals surface area (Å²) in [5, 5.41) is 23.3. The van der Waals surface area contributed by atoms with E-state index >= 15 is 0 Å². The number of aliphatic hydroxyl groups is 1. The fraction of sp³-hybridized carbons (Fsp3) is 0.381. The molecule has 2 amide bonds. The van der Waals surface area contributed by atoms with Crippen LogP contribution >= 0.6 is 0 Å². The van der Waals surface area contributed by atoms with Gasteiger partial charge in [-0.15, -0.1) is 0 Å². The molecule has 7 nitrogen and oxygen atoms in total. The molecule has 0 atom stereocenters. The SMILES string of the molecule is O=C(O)C1CCC(Nc2ccc3c4c(cccc24)C(=O)N(CCO)C3=O)CC1. The number of imide groups is 1. The first-order valence-electron chi connectivity index (χ1n) is 9.53. The van der Waals surface area contributed by atoms with Crippen LogP contribution in [-0.2, 0) is 4.79 Å². The Labute approximate surface area is 161 Å². The fourth-order valence-corrected chi connectivity index (χ4v) is 4.28. The molecule has 1 fully saturated rings. The fourth-order valence-electron chi connectivity index (χ4n) is 4.28. The molecule has 146 valence electrons. The molecule has 1 aliphatic carbocycles. The monoisotopic (exact) mass is 382 g/mol. The zero-order chi connectivity index (χ0) is 19.8. The lowest BCUT2D eigenvalue weighted by Crippen LogP contribution is -2.42. The van der Waals surface area contributed by atoms with Crippen LogP contribution in [0.15, 0.2) is 30.3 Å². The van der Waals surface area contributed by atoms with Crippen LogP contribution in [0.5, 0.6) is 0 Å². The zero-order valence-corrected chi connectivity index (χ0v) is 15.4. The summed E-state index contributed by atoms with van der Waals surface area (Å²) in [7, 11) is 0. The maximum Gasteiger partial charge on any atom is 0.306 e. The van der Waals surface area contributed by atoms with Crippen molar-refractivity contribution in [3.8, 4) is 0 Å². The Balaban J connectivity index is 1.67. The van der Waals surface area contributed by atoms with Gasteiger partial charge in [-0.2, -0.15) is 0 Å². The number of aliphatic hydroxyl groups excluding tert-OH is 1. The van der Waals surface area contributed by atoms with Crippen LogP contribution in [0.3, 0.4) is 0 Å². The highest BCUT2D eigenvalue weighted by atomic mass is 16.4. The van der Waals surface area contributed by atoms with Gasteiger partial charge < -0.3 is 15.5 Å². The van der Waals surface area contributed by atoms with Gasteiger partial charge in [0.15, 0.2) is 0 Å². The van der Waals surface area contributed by atoms with Crippen LogP contribution in [0.1, 0.15) is 46.4 Å². The van der Waals surface area contributed by atoms with Gasteiger partial charge in [-0.3, -0.25) is 19.3 Å². The summed E-state index contributed by atoms with van der Waals surface area (Å²) in [5.74, 6) is -1.79. The molecule has 7 heteroatoms. The first-order valence-corrected chi connectivity index (χ1v) is 9.53. The number of benzene rings is 2. The van der Waals surface area contributed by atoms with Crippen LogP contribution in [-0.4, -0.2) is 52.1 Å². The molecule has 0 bridgehead atoms. The molecule has 2 aliphatic rings. The van der Waals surface area contributed by atoms with E-state index in [0.717, 1.165) is 28.8 Å². The summed E-state index contributed by atoms with van der Waals surface area (Å²) >= 11 is 0. The van der Waals surface area contributed by atoms with Gasteiger partial charge in [0.25, 0.3) is 11.8 Å². The Morgan fingerprint density at radius 1 is 1.04 bits per heavy atom. The van der Waals surface area contributed by atoms with E-state index in [4.69, 9.17) is 5.11 Å². The largest absolute Gasteiger partial charge is 0.481 e. The minimum Gasteiger partial charge on any atom is -0.481 e. The number of β-amino-alcohol motifs (C(OH)–C–C–N with tert-alkyl or cyclic N) is 1. The molecule has 1 aliphatic heterocycles. The second-order valence-corrected chi connectivity index (χ2v) is 7.41. The van der Waals surface area contributed by atoms with Crippen molar-refractivity contribution in [1.29, 1.82) is 0 Å². The molecule has 0 spiro atoms. The maximum atomic E-state index is 12.7. The Kier molecular flexibility index (Phi) is 4.77. The number of nitrogens with one attached hydrogen (secondary N) is 1. The van der Waals surface area contributed by atoms with Crippen molar-refractivity contribution in [1.82, 2.24) is 4.90 Å². The lowest BCUT2D eigenvalue weighted by molar-refractivity contribution is -0.142. The normalized spacial score (nSPS) is 21.8. The summed E-state index contributed by atoms with van der Waals surface area (Å²) in [5.41, 5.74) is 1.76. The highest BCUT2D eigenvalue weighted by Crippen LogP contribution is 2.36. The van der Waals surface area contributed by atoms with Gasteiger partial charge in [-0.1, -0.05) is 12.1 Å². The van der Waals surface area contributed by atoms with Gasteiger partial charge >= 0.3 is 5.97 Å². The number of anilines is 1. The number of aliphatic carboxylic acids is 1. The molecule has 0 saturated heterocycles. The van der Waals surface area contributed by atoms with E-state index in [1.54, 1.807) is 18.2 Å². The molecule has 3 N–H and O–H groups in total. The van der Waals surface area contributed by atoms with Crippen molar-refractivity contribution in [2.24, 2.45) is 5.92 Å². The molecule has 0 radical (unpaired) electrons. The Hall–Kier alpha value is -2.93. The zero-order valence-electron chi connectivity index (χ0n) is 15.4. The lowest BCUT2D eigenvalue weighted by atomic mass is 9.85. The third kappa shape index (κ3) is 3.01. The smallest absolute Gasteiger partial charge is 0.306 e. The van der Waals surface area contributed by atoms with Crippen LogP contribution in [0.2, 0.25) is 0 Å². The second kappa shape index (κ2) is 7.24. The quantitative estimate of drug-likeness (QED) is 0.686. The molecular formula is C21H22N2O5. The molecular weight excluding hydrogens is 360 g/mol. The molecule has 1 heterocycles. The van der Waals surface area contributed by atoms with E-state index in [9.17, 15) is 19.5 Å². The Bertz CT molecular complexity index is 940. The van der Waals surface area contributed by atoms with Crippen molar-refractivity contribution < 1.29 is 24.6 Å². The maximum absolute atomic E-state index is 12.7. The van der Waals surface area contributed by atoms with Gasteiger partial charge in [0.2, 0.25) is 0 Å². The van der Waals surface area contributed by atoms with E-state index in [2.05, 4.69) is 5.32 Å². The average Bonchev–Trinajstić information content (AvgIpc) is 2.70. The third-order valence-corrected chi connectivity index (χ3v) is 5.75. The first kappa shape index (κ1) is 18.4. The van der Waals surface area contributed by atoms with Gasteiger partial charge in [-0.05, 0) is 43.9 Å². The van der Waals surface area contributed by atoms with E-state index in [0.29, 0.717) is 29.4 Å². The van der Waals surface area contributed by atoms with E-state index < -0.39 is 17.8 Å². The van der Waals surface area contributed by atoms with Crippen LogP contribution < -0.4 is 5.32 Å². The average molecular weight is 382 g/mol. The molecule has 0 unspecified atom stereocenters. The highest BCUT2D eigenvalue weighted by Gasteiger charge is 2.33. The molecule has 28 heavy (non-hydrogen) atoms. The number of amides is 2. The predicted octanol–water partition coefficient (Wildman–Crippen LogP) is 2.48. The topological polar surface area (TPSA) is 107 Å². The number of hydrogen-bond acceptors (Lipinski definition) is 5. The summed E-state index contributed by atoms with van der Waals surface area (Å²) in [6.07, 6.45) is 2.81. The second-order valence-electron chi connectivity index (χ2n) is 7.41. The van der Waals surface area contributed by atoms with Crippen molar-refractivity contribution >= 4 is 34.2 Å². The van der Waals surface area contributed by atoms with Crippen LogP contribution in [0.4, 0.5) is 5.69 Å². The summed E-state index contributed by atoms with van der Waals surface area (Å²) in [6, 6.07) is 9.10. The molecule has 2 aromatic carbocycles. The van der Waals surface area contributed by atoms with Crippen molar-refractivity contribution in [2.45, 2.75) is 31.7 Å². The lowest BCUT2D eigenvalue weighted by Gasteiger charge is -2.30. The van der Waals surface area contributed by atoms with Gasteiger partial charge in [0, 0.05) is 33.6 Å². The highest BCUT2D eigenvalue weighted by molar-refractivity contribution is 6.26. The minimum absolute atomic E-state index is 0.0275. The van der Waals surface area contributed by atoms with Gasteiger partial charge in [0.1, 0.15) is 0 Å². The summed E-state index contributed by atoms with van der Waals surface area (Å²) in [4.78, 5) is 37.7. The number of rotatable bonds is 5. The van der Waals surface area contributed by atoms with E-state index in [1.165, 1.54) is 0 Å². The summed E-state index contributed by atoms with van der Waals surface area (Å²) < 4.78 is 0.